The van der Waals surface area contributed by atoms with E-state index in [2.05, 4.69) is 0 Å². The summed E-state index contributed by atoms with van der Waals surface area (Å²) in [6.45, 7) is 3.01. The second-order valence-electron chi connectivity index (χ2n) is 11.1. The van der Waals surface area contributed by atoms with Crippen molar-refractivity contribution in [1.29, 1.82) is 0 Å². The SMILES string of the molecule is COc1cc2ccn3c(c(-c4ccc(OC(=O)[C@H](C)N)c(OC)c4)c4c5cc(OC)c(OC(=O)[C@H](C)N)cc5oc(=O)c43)c2cc1OC. The van der Waals surface area contributed by atoms with Gasteiger partial charge in [0.2, 0.25) is 0 Å². The maximum atomic E-state index is 13.9. The number of nitrogens with zero attached hydrogens (tertiary/aromatic N) is 1. The quantitative estimate of drug-likeness (QED) is 0.126. The average Bonchev–Trinajstić information content (AvgIpc) is 3.43. The smallest absolute Gasteiger partial charge is 0.361 e. The molecule has 0 radical (unpaired) electrons. The number of aromatic nitrogens is 1. The van der Waals surface area contributed by atoms with Crippen molar-refractivity contribution in [3.05, 3.63) is 65.1 Å². The maximum Gasteiger partial charge on any atom is 0.361 e. The van der Waals surface area contributed by atoms with Gasteiger partial charge in [0.05, 0.1) is 34.0 Å². The van der Waals surface area contributed by atoms with Crippen LogP contribution >= 0.6 is 0 Å². The number of nitrogens with two attached hydrogens (primary N) is 2. The van der Waals surface area contributed by atoms with Gasteiger partial charge in [-0.05, 0) is 61.2 Å². The first kappa shape index (κ1) is 32.2. The van der Waals surface area contributed by atoms with Gasteiger partial charge in [-0.15, -0.1) is 0 Å². The Morgan fingerprint density at radius 1 is 0.688 bits per heavy atom. The summed E-state index contributed by atoms with van der Waals surface area (Å²) in [6.07, 6.45) is 1.77. The predicted octanol–water partition coefficient (Wildman–Crippen LogP) is 4.56. The molecule has 0 aliphatic heterocycles. The second kappa shape index (κ2) is 12.4. The summed E-state index contributed by atoms with van der Waals surface area (Å²) in [5.74, 6) is 0.330. The summed E-state index contributed by atoms with van der Waals surface area (Å²) in [6, 6.07) is 11.9. The lowest BCUT2D eigenvalue weighted by Crippen LogP contribution is -2.31. The van der Waals surface area contributed by atoms with Gasteiger partial charge in [0.25, 0.3) is 0 Å². The summed E-state index contributed by atoms with van der Waals surface area (Å²) in [5, 5.41) is 2.53. The fraction of sp³-hybridized carbons (Fsp3) is 0.229. The van der Waals surface area contributed by atoms with Crippen LogP contribution in [0, 0.1) is 0 Å². The zero-order valence-electron chi connectivity index (χ0n) is 27.0. The molecule has 3 aromatic carbocycles. The van der Waals surface area contributed by atoms with Gasteiger partial charge in [-0.25, -0.2) is 14.4 Å². The van der Waals surface area contributed by atoms with Crippen molar-refractivity contribution in [2.45, 2.75) is 25.9 Å². The van der Waals surface area contributed by atoms with Crippen LogP contribution in [-0.4, -0.2) is 56.9 Å². The molecule has 0 aliphatic carbocycles. The van der Waals surface area contributed by atoms with Crippen LogP contribution in [0.1, 0.15) is 13.8 Å². The molecule has 0 aliphatic rings. The van der Waals surface area contributed by atoms with Crippen molar-refractivity contribution < 1.29 is 42.4 Å². The Labute approximate surface area is 273 Å². The molecule has 0 amide bonds. The monoisotopic (exact) mass is 655 g/mol. The maximum absolute atomic E-state index is 13.9. The number of ether oxygens (including phenoxy) is 6. The molecule has 4 N–H and O–H groups in total. The molecule has 3 aromatic heterocycles. The van der Waals surface area contributed by atoms with Crippen molar-refractivity contribution in [3.63, 3.8) is 0 Å². The fourth-order valence-electron chi connectivity index (χ4n) is 5.66. The first-order valence-corrected chi connectivity index (χ1v) is 14.8. The summed E-state index contributed by atoms with van der Waals surface area (Å²) in [5.41, 5.74) is 13.0. The molecule has 0 saturated carbocycles. The number of carbonyl (C=O) groups is 2. The topological polar surface area (TPSA) is 176 Å². The van der Waals surface area contributed by atoms with E-state index in [1.165, 1.54) is 41.2 Å². The normalized spacial score (nSPS) is 12.7. The molecular formula is C35H33N3O10. The Morgan fingerprint density at radius 3 is 1.88 bits per heavy atom. The van der Waals surface area contributed by atoms with Crippen molar-refractivity contribution >= 4 is 50.1 Å². The van der Waals surface area contributed by atoms with E-state index >= 15 is 0 Å². The fourth-order valence-corrected chi connectivity index (χ4v) is 5.66. The van der Waals surface area contributed by atoms with Crippen LogP contribution in [0.15, 0.2) is 63.9 Å². The zero-order valence-corrected chi connectivity index (χ0v) is 27.0. The third-order valence-electron chi connectivity index (χ3n) is 7.97. The lowest BCUT2D eigenvalue weighted by molar-refractivity contribution is -0.136. The molecule has 0 bridgehead atoms. The third-order valence-corrected chi connectivity index (χ3v) is 7.97. The van der Waals surface area contributed by atoms with Crippen LogP contribution in [-0.2, 0) is 9.59 Å². The molecule has 0 unspecified atom stereocenters. The number of carbonyl (C=O) groups excluding carboxylic acids is 2. The van der Waals surface area contributed by atoms with Crippen LogP contribution in [0.3, 0.4) is 0 Å². The highest BCUT2D eigenvalue weighted by atomic mass is 16.6. The Kier molecular flexibility index (Phi) is 8.33. The number of fused-ring (bicyclic) bond motifs is 7. The summed E-state index contributed by atoms with van der Waals surface area (Å²) < 4.78 is 41.0. The van der Waals surface area contributed by atoms with E-state index in [-0.39, 0.29) is 34.1 Å². The van der Waals surface area contributed by atoms with Gasteiger partial charge in [0.1, 0.15) is 23.2 Å². The molecule has 13 nitrogen and oxygen atoms in total. The van der Waals surface area contributed by atoms with Crippen molar-refractivity contribution in [2.75, 3.05) is 28.4 Å². The number of hydrogen-bond acceptors (Lipinski definition) is 12. The first-order valence-electron chi connectivity index (χ1n) is 14.8. The van der Waals surface area contributed by atoms with Crippen LogP contribution in [0.4, 0.5) is 0 Å². The lowest BCUT2D eigenvalue weighted by atomic mass is 9.97. The Morgan fingerprint density at radius 2 is 1.25 bits per heavy atom. The lowest BCUT2D eigenvalue weighted by Gasteiger charge is -2.14. The minimum Gasteiger partial charge on any atom is -0.493 e. The standard InChI is InChI=1S/C35H33N3O10/c1-16(36)33(39)46-22-8-7-19(12-24(22)42-3)29-30-21-14-27(45-6)28(48-34(40)17(2)37)15-23(21)47-35(41)32(30)38-10-9-18-11-25(43-4)26(44-5)13-20(18)31(29)38/h7-17H,36-37H2,1-6H3/t16-,17-/m0/s1. The summed E-state index contributed by atoms with van der Waals surface area (Å²) >= 11 is 0. The Hall–Kier alpha value is -5.79. The van der Waals surface area contributed by atoms with Gasteiger partial charge in [-0.3, -0.25) is 0 Å². The molecule has 3 heterocycles. The highest BCUT2D eigenvalue weighted by Gasteiger charge is 2.26. The van der Waals surface area contributed by atoms with E-state index in [4.69, 9.17) is 44.3 Å². The highest BCUT2D eigenvalue weighted by molar-refractivity contribution is 6.22. The van der Waals surface area contributed by atoms with Crippen LogP contribution < -0.4 is 45.5 Å². The number of hydrogen-bond donors (Lipinski definition) is 2. The van der Waals surface area contributed by atoms with E-state index in [0.29, 0.717) is 38.9 Å². The number of methoxy groups -OCH3 is 4. The molecule has 6 aromatic rings. The Balaban J connectivity index is 1.77. The molecule has 0 saturated heterocycles. The van der Waals surface area contributed by atoms with E-state index in [9.17, 15) is 14.4 Å². The molecular weight excluding hydrogens is 622 g/mol. The Bertz CT molecular complexity index is 2320. The van der Waals surface area contributed by atoms with Crippen LogP contribution in [0.25, 0.3) is 49.3 Å². The minimum absolute atomic E-state index is 0.0318. The van der Waals surface area contributed by atoms with Crippen LogP contribution in [0.5, 0.6) is 34.5 Å². The van der Waals surface area contributed by atoms with Crippen molar-refractivity contribution in [3.8, 4) is 45.6 Å². The van der Waals surface area contributed by atoms with E-state index < -0.39 is 29.6 Å². The van der Waals surface area contributed by atoms with Gasteiger partial charge < -0.3 is 48.7 Å². The first-order chi connectivity index (χ1) is 23.0. The highest BCUT2D eigenvalue weighted by Crippen LogP contribution is 2.46. The molecule has 6 rings (SSSR count). The van der Waals surface area contributed by atoms with Gasteiger partial charge in [0, 0.05) is 34.0 Å². The number of benzene rings is 3. The molecule has 2 atom stereocenters. The second-order valence-corrected chi connectivity index (χ2v) is 11.1. The predicted molar refractivity (Wildman–Crippen MR) is 179 cm³/mol. The molecule has 0 fully saturated rings. The van der Waals surface area contributed by atoms with E-state index in [1.54, 1.807) is 42.0 Å². The average molecular weight is 656 g/mol. The van der Waals surface area contributed by atoms with Gasteiger partial charge >= 0.3 is 17.6 Å². The zero-order chi connectivity index (χ0) is 34.4. The van der Waals surface area contributed by atoms with Gasteiger partial charge in [-0.2, -0.15) is 0 Å². The van der Waals surface area contributed by atoms with Crippen LogP contribution in [0.2, 0.25) is 0 Å². The van der Waals surface area contributed by atoms with Crippen molar-refractivity contribution in [2.24, 2.45) is 11.5 Å². The third kappa shape index (κ3) is 5.28. The minimum atomic E-state index is -0.905. The molecule has 248 valence electrons. The molecule has 13 heteroatoms. The molecule has 0 spiro atoms. The number of pyridine rings is 1. The summed E-state index contributed by atoms with van der Waals surface area (Å²) in [7, 11) is 5.97. The molecule has 48 heavy (non-hydrogen) atoms. The number of esters is 2. The van der Waals surface area contributed by atoms with Gasteiger partial charge in [-0.1, -0.05) is 6.07 Å². The summed E-state index contributed by atoms with van der Waals surface area (Å²) in [4.78, 5) is 38.6. The number of rotatable bonds is 9. The van der Waals surface area contributed by atoms with Gasteiger partial charge in [0.15, 0.2) is 34.5 Å². The van der Waals surface area contributed by atoms with E-state index in [0.717, 1.165) is 10.8 Å². The largest absolute Gasteiger partial charge is 0.493 e. The van der Waals surface area contributed by atoms with Crippen molar-refractivity contribution in [1.82, 2.24) is 4.40 Å². The van der Waals surface area contributed by atoms with E-state index in [1.807, 2.05) is 18.2 Å².